The molecule has 1 aliphatic carbocycles. The monoisotopic (exact) mass is 706 g/mol. The quantitative estimate of drug-likeness (QED) is 0.153. The molecule has 0 N–H and O–H groups in total. The van der Waals surface area contributed by atoms with Crippen molar-refractivity contribution in [2.24, 2.45) is 0 Å². The van der Waals surface area contributed by atoms with Gasteiger partial charge < -0.3 is 9.47 Å². The maximum absolute atomic E-state index is 2.50. The van der Waals surface area contributed by atoms with Gasteiger partial charge in [0, 0.05) is 44.9 Å². The second-order valence-electron chi connectivity index (χ2n) is 15.4. The van der Waals surface area contributed by atoms with Gasteiger partial charge in [-0.05, 0) is 112 Å². The van der Waals surface area contributed by atoms with Gasteiger partial charge in [0.1, 0.15) is 0 Å². The Hall–Kier alpha value is -6.64. The number of anilines is 3. The van der Waals surface area contributed by atoms with Crippen molar-refractivity contribution in [1.29, 1.82) is 0 Å². The Morgan fingerprint density at radius 1 is 0.455 bits per heavy atom. The summed E-state index contributed by atoms with van der Waals surface area (Å²) in [4.78, 5) is 2.37. The molecule has 0 radical (unpaired) electrons. The van der Waals surface area contributed by atoms with Gasteiger partial charge in [0.15, 0.2) is 0 Å². The Morgan fingerprint density at radius 3 is 1.67 bits per heavy atom. The van der Waals surface area contributed by atoms with Crippen LogP contribution in [0.15, 0.2) is 200 Å². The molecule has 0 saturated carbocycles. The minimum absolute atomic E-state index is 0.191. The first kappa shape index (κ1) is 33.0. The maximum atomic E-state index is 2.50. The number of hydrogen-bond acceptors (Lipinski definition) is 1. The molecule has 0 bridgehead atoms. The lowest BCUT2D eigenvalue weighted by atomic mass is 9.81. The molecular formula is C53H42N2. The second kappa shape index (κ2) is 13.3. The van der Waals surface area contributed by atoms with Crippen LogP contribution >= 0.6 is 0 Å². The van der Waals surface area contributed by atoms with Crippen molar-refractivity contribution in [3.05, 3.63) is 228 Å². The minimum atomic E-state index is -0.191. The predicted octanol–water partition coefficient (Wildman–Crippen LogP) is 13.9. The average Bonchev–Trinajstić information content (AvgIpc) is 3.67. The third-order valence-electron chi connectivity index (χ3n) is 11.8. The van der Waals surface area contributed by atoms with Gasteiger partial charge in [0.25, 0.3) is 0 Å². The molecule has 1 unspecified atom stereocenters. The van der Waals surface area contributed by atoms with Gasteiger partial charge in [-0.15, -0.1) is 0 Å². The van der Waals surface area contributed by atoms with Crippen molar-refractivity contribution in [2.75, 3.05) is 4.90 Å². The van der Waals surface area contributed by atoms with Crippen molar-refractivity contribution < 1.29 is 0 Å². The van der Waals surface area contributed by atoms with Crippen molar-refractivity contribution >= 4 is 38.9 Å². The third kappa shape index (κ3) is 5.65. The van der Waals surface area contributed by atoms with Crippen LogP contribution in [0.25, 0.3) is 38.6 Å². The molecule has 0 spiro atoms. The van der Waals surface area contributed by atoms with Crippen molar-refractivity contribution in [3.63, 3.8) is 0 Å². The van der Waals surface area contributed by atoms with Crippen LogP contribution in [-0.4, -0.2) is 4.57 Å². The molecule has 0 saturated heterocycles. The first-order valence-electron chi connectivity index (χ1n) is 19.4. The van der Waals surface area contributed by atoms with Crippen LogP contribution in [0.5, 0.6) is 0 Å². The molecule has 0 amide bonds. The standard InChI is InChI=1S/C53H42N2/c1-53(2)49-34-43(54(40-22-12-5-13-23-40)41-24-14-6-15-25-41)29-31-44(49)47-36-52-48(35-50(47)53)45-30-28-39(33-51(45)55(52)42-26-16-7-17-27-42)46(38-20-10-4-11-21-38)32-37-18-8-3-9-19-37/h3-31,33-36,46H,32H2,1-2H3. The smallest absolute Gasteiger partial charge is 0.0547 e. The van der Waals surface area contributed by atoms with Crippen LogP contribution in [0.4, 0.5) is 17.1 Å². The van der Waals surface area contributed by atoms with E-state index in [1.54, 1.807) is 0 Å². The summed E-state index contributed by atoms with van der Waals surface area (Å²) in [6, 6.07) is 73.4. The normalized spacial score (nSPS) is 13.4. The lowest BCUT2D eigenvalue weighted by Crippen LogP contribution is -2.16. The van der Waals surface area contributed by atoms with E-state index in [9.17, 15) is 0 Å². The van der Waals surface area contributed by atoms with E-state index >= 15 is 0 Å². The Bertz CT molecular complexity index is 2750. The molecule has 2 nitrogen and oxygen atoms in total. The Kier molecular flexibility index (Phi) is 7.99. The highest BCUT2D eigenvalue weighted by atomic mass is 15.1. The molecule has 1 aliphatic rings. The zero-order valence-corrected chi connectivity index (χ0v) is 31.2. The fourth-order valence-corrected chi connectivity index (χ4v) is 9.03. The summed E-state index contributed by atoms with van der Waals surface area (Å²) in [5.41, 5.74) is 16.3. The molecule has 0 aliphatic heterocycles. The van der Waals surface area contributed by atoms with E-state index in [2.05, 4.69) is 224 Å². The molecule has 55 heavy (non-hydrogen) atoms. The van der Waals surface area contributed by atoms with Crippen LogP contribution < -0.4 is 4.90 Å². The molecule has 9 aromatic rings. The van der Waals surface area contributed by atoms with E-state index in [-0.39, 0.29) is 11.3 Å². The summed E-state index contributed by atoms with van der Waals surface area (Å²) in [5, 5.41) is 2.57. The number of fused-ring (bicyclic) bond motifs is 6. The first-order valence-corrected chi connectivity index (χ1v) is 19.4. The fourth-order valence-electron chi connectivity index (χ4n) is 9.03. The van der Waals surface area contributed by atoms with Crippen LogP contribution in [-0.2, 0) is 11.8 Å². The predicted molar refractivity (Wildman–Crippen MR) is 231 cm³/mol. The van der Waals surface area contributed by atoms with Gasteiger partial charge in [0.2, 0.25) is 0 Å². The van der Waals surface area contributed by atoms with Crippen molar-refractivity contribution in [3.8, 4) is 16.8 Å². The molecule has 2 heteroatoms. The van der Waals surface area contributed by atoms with Crippen LogP contribution in [0.2, 0.25) is 0 Å². The van der Waals surface area contributed by atoms with Crippen molar-refractivity contribution in [1.82, 2.24) is 4.57 Å². The number of aromatic nitrogens is 1. The van der Waals surface area contributed by atoms with E-state index in [1.807, 2.05) is 0 Å². The van der Waals surface area contributed by atoms with Gasteiger partial charge in [-0.1, -0.05) is 147 Å². The minimum Gasteiger partial charge on any atom is -0.310 e. The lowest BCUT2D eigenvalue weighted by molar-refractivity contribution is 0.661. The van der Waals surface area contributed by atoms with Gasteiger partial charge >= 0.3 is 0 Å². The largest absolute Gasteiger partial charge is 0.310 e. The topological polar surface area (TPSA) is 8.17 Å². The number of para-hydroxylation sites is 3. The zero-order valence-electron chi connectivity index (χ0n) is 31.2. The van der Waals surface area contributed by atoms with Gasteiger partial charge in [-0.25, -0.2) is 0 Å². The second-order valence-corrected chi connectivity index (χ2v) is 15.4. The average molecular weight is 707 g/mol. The maximum Gasteiger partial charge on any atom is 0.0547 e. The molecule has 8 aromatic carbocycles. The SMILES string of the molecule is CC1(C)c2cc(N(c3ccccc3)c3ccccc3)ccc2-c2cc3c(cc21)c1ccc(C(Cc2ccccc2)c2ccccc2)cc1n3-c1ccccc1. The van der Waals surface area contributed by atoms with E-state index < -0.39 is 0 Å². The van der Waals surface area contributed by atoms with E-state index in [0.717, 1.165) is 23.5 Å². The molecule has 0 fully saturated rings. The highest BCUT2D eigenvalue weighted by molar-refractivity contribution is 6.11. The number of rotatable bonds is 8. The summed E-state index contributed by atoms with van der Waals surface area (Å²) < 4.78 is 2.49. The van der Waals surface area contributed by atoms with E-state index in [0.29, 0.717) is 0 Å². The Balaban J connectivity index is 1.16. The molecular weight excluding hydrogens is 665 g/mol. The van der Waals surface area contributed by atoms with Crippen LogP contribution in [0.1, 0.15) is 47.6 Å². The summed E-state index contributed by atoms with van der Waals surface area (Å²) in [6.07, 6.45) is 0.940. The van der Waals surface area contributed by atoms with Crippen LogP contribution in [0, 0.1) is 0 Å². The molecule has 10 rings (SSSR count). The van der Waals surface area contributed by atoms with E-state index in [1.165, 1.54) is 66.4 Å². The molecule has 1 aromatic heterocycles. The number of benzene rings is 8. The fraction of sp³-hybridized carbons (Fsp3) is 0.0943. The molecule has 264 valence electrons. The number of nitrogens with zero attached hydrogens (tertiary/aromatic N) is 2. The third-order valence-corrected chi connectivity index (χ3v) is 11.8. The van der Waals surface area contributed by atoms with E-state index in [4.69, 9.17) is 0 Å². The van der Waals surface area contributed by atoms with Gasteiger partial charge in [-0.3, -0.25) is 0 Å². The highest BCUT2D eigenvalue weighted by Crippen LogP contribution is 2.53. The lowest BCUT2D eigenvalue weighted by Gasteiger charge is -2.28. The summed E-state index contributed by atoms with van der Waals surface area (Å²) >= 11 is 0. The highest BCUT2D eigenvalue weighted by Gasteiger charge is 2.37. The Morgan fingerprint density at radius 2 is 1.02 bits per heavy atom. The molecule has 1 heterocycles. The van der Waals surface area contributed by atoms with Gasteiger partial charge in [0.05, 0.1) is 11.0 Å². The zero-order chi connectivity index (χ0) is 36.9. The van der Waals surface area contributed by atoms with Crippen LogP contribution in [0.3, 0.4) is 0 Å². The Labute approximate surface area is 323 Å². The van der Waals surface area contributed by atoms with Crippen molar-refractivity contribution in [2.45, 2.75) is 31.6 Å². The van der Waals surface area contributed by atoms with Gasteiger partial charge in [-0.2, -0.15) is 0 Å². The number of hydrogen-bond donors (Lipinski definition) is 0. The first-order chi connectivity index (χ1) is 27.0. The summed E-state index contributed by atoms with van der Waals surface area (Å²) in [5.74, 6) is 0.228. The molecule has 1 atom stereocenters. The summed E-state index contributed by atoms with van der Waals surface area (Å²) in [7, 11) is 0. The summed E-state index contributed by atoms with van der Waals surface area (Å²) in [6.45, 7) is 4.79.